The lowest BCUT2D eigenvalue weighted by molar-refractivity contribution is 0.212. The molecule has 1 N–H and O–H groups in total. The molecule has 0 radical (unpaired) electrons. The Hall–Kier alpha value is -1.02. The molecule has 1 aliphatic rings. The molecule has 94 valence electrons. The van der Waals surface area contributed by atoms with Crippen LogP contribution in [0.5, 0.6) is 0 Å². The minimum absolute atomic E-state index is 0.940. The van der Waals surface area contributed by atoms with Gasteiger partial charge in [0.25, 0.3) is 0 Å². The van der Waals surface area contributed by atoms with E-state index in [1.165, 1.54) is 50.0 Å². The smallest absolute Gasteiger partial charge is 0.0337 e. The van der Waals surface area contributed by atoms with Gasteiger partial charge < -0.3 is 10.2 Å². The van der Waals surface area contributed by atoms with E-state index in [-0.39, 0.29) is 0 Å². The number of aryl methyl sites for hydroxylation is 1. The number of benzene rings is 1. The van der Waals surface area contributed by atoms with Crippen LogP contribution < -0.4 is 5.32 Å². The van der Waals surface area contributed by atoms with Gasteiger partial charge in [-0.2, -0.15) is 0 Å². The Labute approximate surface area is 105 Å². The van der Waals surface area contributed by atoms with E-state index in [2.05, 4.69) is 41.5 Å². The van der Waals surface area contributed by atoms with Crippen molar-refractivity contribution in [2.45, 2.75) is 25.7 Å². The Morgan fingerprint density at radius 2 is 1.82 bits per heavy atom. The summed E-state index contributed by atoms with van der Waals surface area (Å²) >= 11 is 0. The van der Waals surface area contributed by atoms with Crippen LogP contribution in [-0.4, -0.2) is 32.1 Å². The van der Waals surface area contributed by atoms with Gasteiger partial charge in [-0.3, -0.25) is 0 Å². The van der Waals surface area contributed by atoms with Crippen molar-refractivity contribution in [1.82, 2.24) is 4.90 Å². The fourth-order valence-electron chi connectivity index (χ4n) is 2.56. The van der Waals surface area contributed by atoms with Gasteiger partial charge in [-0.15, -0.1) is 0 Å². The van der Waals surface area contributed by atoms with Crippen molar-refractivity contribution in [1.29, 1.82) is 0 Å². The molecule has 1 saturated heterocycles. The normalized spacial score (nSPS) is 18.2. The second-order valence-electron chi connectivity index (χ2n) is 5.23. The molecule has 1 aromatic carbocycles. The third kappa shape index (κ3) is 3.74. The summed E-state index contributed by atoms with van der Waals surface area (Å²) in [6, 6.07) is 8.84. The summed E-state index contributed by atoms with van der Waals surface area (Å²) in [7, 11) is 4.19. The van der Waals surface area contributed by atoms with E-state index in [9.17, 15) is 0 Å². The average Bonchev–Trinajstić information content (AvgIpc) is 2.39. The Balaban J connectivity index is 1.77. The lowest BCUT2D eigenvalue weighted by atomic mass is 9.91. The van der Waals surface area contributed by atoms with Crippen molar-refractivity contribution in [2.75, 3.05) is 32.5 Å². The maximum atomic E-state index is 3.16. The molecule has 0 unspecified atom stereocenters. The predicted octanol–water partition coefficient (Wildman–Crippen LogP) is 3.00. The lowest BCUT2D eigenvalue weighted by Gasteiger charge is -2.28. The first kappa shape index (κ1) is 12.4. The maximum Gasteiger partial charge on any atom is 0.0337 e. The molecule has 2 rings (SSSR count). The Kier molecular flexibility index (Phi) is 4.43. The van der Waals surface area contributed by atoms with E-state index < -0.39 is 0 Å². The predicted molar refractivity (Wildman–Crippen MR) is 74.5 cm³/mol. The SMILES string of the molecule is CNc1ccc(CCC2CCN(C)CC2)cc1. The first-order valence-electron chi connectivity index (χ1n) is 6.73. The van der Waals surface area contributed by atoms with E-state index in [4.69, 9.17) is 0 Å². The quantitative estimate of drug-likeness (QED) is 0.858. The van der Waals surface area contributed by atoms with Gasteiger partial charge in [0, 0.05) is 12.7 Å². The molecule has 0 bridgehead atoms. The summed E-state index contributed by atoms with van der Waals surface area (Å²) in [5.41, 5.74) is 2.68. The van der Waals surface area contributed by atoms with E-state index in [0.29, 0.717) is 0 Å². The molecule has 1 aromatic rings. The fourth-order valence-corrected chi connectivity index (χ4v) is 2.56. The highest BCUT2D eigenvalue weighted by Gasteiger charge is 2.16. The second kappa shape index (κ2) is 6.06. The number of hydrogen-bond acceptors (Lipinski definition) is 2. The van der Waals surface area contributed by atoms with Gasteiger partial charge in [0.2, 0.25) is 0 Å². The Morgan fingerprint density at radius 3 is 2.41 bits per heavy atom. The van der Waals surface area contributed by atoms with Crippen LogP contribution in [0.2, 0.25) is 0 Å². The summed E-state index contributed by atoms with van der Waals surface area (Å²) < 4.78 is 0. The van der Waals surface area contributed by atoms with Gasteiger partial charge in [0.15, 0.2) is 0 Å². The van der Waals surface area contributed by atoms with Crippen LogP contribution in [0.4, 0.5) is 5.69 Å². The van der Waals surface area contributed by atoms with Gasteiger partial charge >= 0.3 is 0 Å². The van der Waals surface area contributed by atoms with Crippen molar-refractivity contribution in [3.05, 3.63) is 29.8 Å². The van der Waals surface area contributed by atoms with Crippen molar-refractivity contribution < 1.29 is 0 Å². The highest BCUT2D eigenvalue weighted by molar-refractivity contribution is 5.43. The van der Waals surface area contributed by atoms with Gasteiger partial charge in [0.1, 0.15) is 0 Å². The van der Waals surface area contributed by atoms with Crippen molar-refractivity contribution in [3.63, 3.8) is 0 Å². The molecule has 1 fully saturated rings. The number of rotatable bonds is 4. The summed E-state index contributed by atoms with van der Waals surface area (Å²) in [6.45, 7) is 2.56. The minimum Gasteiger partial charge on any atom is -0.388 e. The number of likely N-dealkylation sites (tertiary alicyclic amines) is 1. The zero-order valence-electron chi connectivity index (χ0n) is 11.1. The highest BCUT2D eigenvalue weighted by atomic mass is 15.1. The fraction of sp³-hybridized carbons (Fsp3) is 0.600. The monoisotopic (exact) mass is 232 g/mol. The molecular formula is C15H24N2. The number of nitrogens with one attached hydrogen (secondary N) is 1. The van der Waals surface area contributed by atoms with Gasteiger partial charge in [-0.25, -0.2) is 0 Å². The third-order valence-electron chi connectivity index (χ3n) is 3.92. The van der Waals surface area contributed by atoms with Crippen LogP contribution in [0, 0.1) is 5.92 Å². The molecule has 0 aromatic heterocycles. The molecule has 2 heteroatoms. The number of hydrogen-bond donors (Lipinski definition) is 1. The van der Waals surface area contributed by atoms with Crippen LogP contribution in [0.1, 0.15) is 24.8 Å². The minimum atomic E-state index is 0.940. The molecule has 1 aliphatic heterocycles. The van der Waals surface area contributed by atoms with E-state index >= 15 is 0 Å². The molecule has 0 atom stereocenters. The van der Waals surface area contributed by atoms with Crippen molar-refractivity contribution >= 4 is 5.69 Å². The molecular weight excluding hydrogens is 208 g/mol. The zero-order valence-corrected chi connectivity index (χ0v) is 11.1. The van der Waals surface area contributed by atoms with Crippen LogP contribution in [0.3, 0.4) is 0 Å². The topological polar surface area (TPSA) is 15.3 Å². The molecule has 0 spiro atoms. The van der Waals surface area contributed by atoms with Gasteiger partial charge in [-0.1, -0.05) is 12.1 Å². The maximum absolute atomic E-state index is 3.16. The van der Waals surface area contributed by atoms with E-state index in [1.54, 1.807) is 0 Å². The van der Waals surface area contributed by atoms with Crippen LogP contribution >= 0.6 is 0 Å². The first-order valence-corrected chi connectivity index (χ1v) is 6.73. The molecule has 2 nitrogen and oxygen atoms in total. The summed E-state index contributed by atoms with van der Waals surface area (Å²) in [4.78, 5) is 2.44. The van der Waals surface area contributed by atoms with Crippen LogP contribution in [-0.2, 0) is 6.42 Å². The highest BCUT2D eigenvalue weighted by Crippen LogP contribution is 2.22. The summed E-state index contributed by atoms with van der Waals surface area (Å²) in [5, 5.41) is 3.16. The van der Waals surface area contributed by atoms with Crippen LogP contribution in [0.15, 0.2) is 24.3 Å². The lowest BCUT2D eigenvalue weighted by Crippen LogP contribution is -2.30. The zero-order chi connectivity index (χ0) is 12.1. The number of piperidine rings is 1. The molecule has 0 aliphatic carbocycles. The second-order valence-corrected chi connectivity index (χ2v) is 5.23. The Morgan fingerprint density at radius 1 is 1.18 bits per heavy atom. The van der Waals surface area contributed by atoms with Gasteiger partial charge in [-0.05, 0) is 69.4 Å². The number of nitrogens with zero attached hydrogens (tertiary/aromatic N) is 1. The van der Waals surface area contributed by atoms with Gasteiger partial charge in [0.05, 0.1) is 0 Å². The third-order valence-corrected chi connectivity index (χ3v) is 3.92. The first-order chi connectivity index (χ1) is 8.28. The number of anilines is 1. The summed E-state index contributed by atoms with van der Waals surface area (Å²) in [6.07, 6.45) is 5.35. The van der Waals surface area contributed by atoms with Crippen molar-refractivity contribution in [3.8, 4) is 0 Å². The molecule has 0 saturated carbocycles. The largest absolute Gasteiger partial charge is 0.388 e. The standard InChI is InChI=1S/C15H24N2/c1-16-15-7-5-13(6-8-15)3-4-14-9-11-17(2)12-10-14/h5-8,14,16H,3-4,9-12H2,1-2H3. The van der Waals surface area contributed by atoms with Crippen molar-refractivity contribution in [2.24, 2.45) is 5.92 Å². The molecule has 0 amide bonds. The molecule has 1 heterocycles. The van der Waals surface area contributed by atoms with E-state index in [1.807, 2.05) is 7.05 Å². The van der Waals surface area contributed by atoms with Crippen LogP contribution in [0.25, 0.3) is 0 Å². The average molecular weight is 232 g/mol. The Bertz CT molecular complexity index is 323. The molecule has 17 heavy (non-hydrogen) atoms. The van der Waals surface area contributed by atoms with E-state index in [0.717, 1.165) is 5.92 Å². The summed E-state index contributed by atoms with van der Waals surface area (Å²) in [5.74, 6) is 0.940.